The Morgan fingerprint density at radius 1 is 0.909 bits per heavy atom. The SMILES string of the molecule is C=C(C)OS(=O)(=O)c1cccc2c1ccc1ccccc12.[Na]. The van der Waals surface area contributed by atoms with E-state index in [-0.39, 0.29) is 40.2 Å². The maximum atomic E-state index is 12.3. The first-order valence-corrected chi connectivity index (χ1v) is 7.90. The number of hydrogen-bond donors (Lipinski definition) is 0. The van der Waals surface area contributed by atoms with Crippen molar-refractivity contribution >= 4 is 61.2 Å². The molecule has 0 aliphatic rings. The molecule has 0 N–H and O–H groups in total. The largest absolute Gasteiger partial charge is 0.384 e. The van der Waals surface area contributed by atoms with Gasteiger partial charge in [0.25, 0.3) is 0 Å². The van der Waals surface area contributed by atoms with Crippen LogP contribution in [0.1, 0.15) is 6.92 Å². The van der Waals surface area contributed by atoms with Crippen LogP contribution in [0.4, 0.5) is 0 Å². The number of benzene rings is 3. The molecule has 1 radical (unpaired) electrons. The third-order valence-electron chi connectivity index (χ3n) is 3.27. The number of hydrogen-bond acceptors (Lipinski definition) is 3. The second-order valence-corrected chi connectivity index (χ2v) is 6.39. The average Bonchev–Trinajstić information content (AvgIpc) is 2.45. The van der Waals surface area contributed by atoms with E-state index >= 15 is 0 Å². The van der Waals surface area contributed by atoms with Gasteiger partial charge in [0.1, 0.15) is 10.7 Å². The van der Waals surface area contributed by atoms with Crippen molar-refractivity contribution in [2.75, 3.05) is 0 Å². The first kappa shape index (κ1) is 17.0. The Labute approximate surface area is 152 Å². The van der Waals surface area contributed by atoms with E-state index in [4.69, 9.17) is 4.18 Å². The van der Waals surface area contributed by atoms with Crippen molar-refractivity contribution in [3.05, 3.63) is 66.9 Å². The van der Waals surface area contributed by atoms with Gasteiger partial charge in [0, 0.05) is 34.9 Å². The number of rotatable bonds is 3. The number of fused-ring (bicyclic) bond motifs is 3. The summed E-state index contributed by atoms with van der Waals surface area (Å²) in [5, 5.41) is 3.62. The molecule has 0 heterocycles. The van der Waals surface area contributed by atoms with Gasteiger partial charge in [-0.1, -0.05) is 55.1 Å². The second-order valence-electron chi connectivity index (χ2n) is 4.88. The predicted molar refractivity (Wildman–Crippen MR) is 90.3 cm³/mol. The van der Waals surface area contributed by atoms with E-state index in [1.54, 1.807) is 12.1 Å². The van der Waals surface area contributed by atoms with E-state index < -0.39 is 10.1 Å². The summed E-state index contributed by atoms with van der Waals surface area (Å²) in [5.41, 5.74) is 0. The van der Waals surface area contributed by atoms with Crippen molar-refractivity contribution < 1.29 is 12.6 Å². The fourth-order valence-electron chi connectivity index (χ4n) is 2.46. The summed E-state index contributed by atoms with van der Waals surface area (Å²) in [6.07, 6.45) is 0. The third-order valence-corrected chi connectivity index (χ3v) is 4.67. The van der Waals surface area contributed by atoms with Crippen molar-refractivity contribution in [3.63, 3.8) is 0 Å². The van der Waals surface area contributed by atoms with E-state index in [0.717, 1.165) is 16.2 Å². The molecule has 0 spiro atoms. The Bertz CT molecular complexity index is 962. The maximum absolute atomic E-state index is 12.3. The van der Waals surface area contributed by atoms with Gasteiger partial charge in [-0.2, -0.15) is 8.42 Å². The molecule has 5 heteroatoms. The van der Waals surface area contributed by atoms with Crippen molar-refractivity contribution in [2.45, 2.75) is 11.8 Å². The minimum atomic E-state index is -3.85. The molecule has 0 saturated heterocycles. The first-order chi connectivity index (χ1) is 9.99. The van der Waals surface area contributed by atoms with Gasteiger partial charge in [-0.15, -0.1) is 0 Å². The van der Waals surface area contributed by atoms with Crippen molar-refractivity contribution in [1.82, 2.24) is 0 Å². The van der Waals surface area contributed by atoms with Crippen LogP contribution in [-0.4, -0.2) is 38.0 Å². The van der Waals surface area contributed by atoms with Crippen LogP contribution in [0, 0.1) is 0 Å². The Balaban J connectivity index is 0.00000176. The molecule has 0 saturated carbocycles. The molecule has 3 rings (SSSR count). The van der Waals surface area contributed by atoms with Crippen molar-refractivity contribution in [3.8, 4) is 0 Å². The predicted octanol–water partition coefficient (Wildman–Crippen LogP) is 3.85. The van der Waals surface area contributed by atoms with Gasteiger partial charge < -0.3 is 4.18 Å². The minimum Gasteiger partial charge on any atom is -0.384 e. The van der Waals surface area contributed by atoms with E-state index in [1.165, 1.54) is 6.92 Å². The topological polar surface area (TPSA) is 43.4 Å². The molecule has 0 aliphatic carbocycles. The monoisotopic (exact) mass is 321 g/mol. The molecule has 0 fully saturated rings. The van der Waals surface area contributed by atoms with Crippen LogP contribution < -0.4 is 0 Å². The van der Waals surface area contributed by atoms with E-state index in [0.29, 0.717) is 5.39 Å². The molecule has 3 nitrogen and oxygen atoms in total. The van der Waals surface area contributed by atoms with Crippen LogP contribution in [0.3, 0.4) is 0 Å². The Morgan fingerprint density at radius 2 is 1.59 bits per heavy atom. The van der Waals surface area contributed by atoms with Crippen LogP contribution >= 0.6 is 0 Å². The summed E-state index contributed by atoms with van der Waals surface area (Å²) >= 11 is 0. The summed E-state index contributed by atoms with van der Waals surface area (Å²) in [6.45, 7) is 5.01. The average molecular weight is 321 g/mol. The van der Waals surface area contributed by atoms with E-state index in [1.807, 2.05) is 42.5 Å². The van der Waals surface area contributed by atoms with Crippen LogP contribution in [0.15, 0.2) is 71.8 Å². The maximum Gasteiger partial charge on any atom is 0.339 e. The standard InChI is InChI=1S/C17H14O3S.Na/c1-12(2)20-21(18,19)17-9-5-8-15-14-7-4-3-6-13(14)10-11-16(15)17;/h3-11H,1H2,2H3;. The normalized spacial score (nSPS) is 11.1. The molecule has 3 aromatic carbocycles. The van der Waals surface area contributed by atoms with Crippen LogP contribution in [0.25, 0.3) is 21.5 Å². The molecule has 22 heavy (non-hydrogen) atoms. The zero-order valence-electron chi connectivity index (χ0n) is 12.5. The van der Waals surface area contributed by atoms with Gasteiger partial charge in [-0.3, -0.25) is 0 Å². The molecule has 0 unspecified atom stereocenters. The van der Waals surface area contributed by atoms with Gasteiger partial charge >= 0.3 is 10.1 Å². The molecule has 3 aromatic rings. The summed E-state index contributed by atoms with van der Waals surface area (Å²) in [7, 11) is -3.85. The zero-order chi connectivity index (χ0) is 15.0. The second kappa shape index (κ2) is 6.42. The quantitative estimate of drug-likeness (QED) is 0.318. The van der Waals surface area contributed by atoms with Gasteiger partial charge in [-0.05, 0) is 29.1 Å². The number of allylic oxidation sites excluding steroid dienone is 1. The third kappa shape index (κ3) is 3.06. The van der Waals surface area contributed by atoms with Crippen LogP contribution in [0.2, 0.25) is 0 Å². The molecule has 107 valence electrons. The molecule has 0 aromatic heterocycles. The minimum absolute atomic E-state index is 0. The van der Waals surface area contributed by atoms with Gasteiger partial charge in [-0.25, -0.2) is 0 Å². The molecular formula is C17H14NaO3S. The molecule has 0 bridgehead atoms. The molecular weight excluding hydrogens is 307 g/mol. The summed E-state index contributed by atoms with van der Waals surface area (Å²) in [5.74, 6) is 0.146. The fraction of sp³-hybridized carbons (Fsp3) is 0.0588. The Kier molecular flexibility index (Phi) is 4.97. The summed E-state index contributed by atoms with van der Waals surface area (Å²) < 4.78 is 29.5. The van der Waals surface area contributed by atoms with Gasteiger partial charge in [0.05, 0.1) is 0 Å². The Hall–Kier alpha value is -1.33. The molecule has 0 aliphatic heterocycles. The van der Waals surface area contributed by atoms with Crippen molar-refractivity contribution in [1.29, 1.82) is 0 Å². The first-order valence-electron chi connectivity index (χ1n) is 6.49. The zero-order valence-corrected chi connectivity index (χ0v) is 15.4. The Morgan fingerprint density at radius 3 is 2.32 bits per heavy atom. The van der Waals surface area contributed by atoms with Crippen LogP contribution in [0.5, 0.6) is 0 Å². The smallest absolute Gasteiger partial charge is 0.339 e. The fourth-order valence-corrected chi connectivity index (χ4v) is 3.62. The molecule has 0 atom stereocenters. The summed E-state index contributed by atoms with van der Waals surface area (Å²) in [6, 6.07) is 16.8. The van der Waals surface area contributed by atoms with Gasteiger partial charge in [0.2, 0.25) is 0 Å². The summed E-state index contributed by atoms with van der Waals surface area (Å²) in [4.78, 5) is 0.161. The van der Waals surface area contributed by atoms with E-state index in [2.05, 4.69) is 6.58 Å². The van der Waals surface area contributed by atoms with E-state index in [9.17, 15) is 8.42 Å². The van der Waals surface area contributed by atoms with Gasteiger partial charge in [0.15, 0.2) is 0 Å². The van der Waals surface area contributed by atoms with Crippen molar-refractivity contribution in [2.24, 2.45) is 0 Å². The van der Waals surface area contributed by atoms with Crippen LogP contribution in [-0.2, 0) is 14.3 Å². The molecule has 0 amide bonds.